The average molecular weight is 343 g/mol. The van der Waals surface area contributed by atoms with E-state index in [1.165, 1.54) is 6.42 Å². The van der Waals surface area contributed by atoms with Crippen LogP contribution in [-0.2, 0) is 11.8 Å². The standard InChI is InChI=1S/C18H25N5O2/c1-4-25-15-9-14(18(15)6-5-7-18)21-17(24)20-12-8-13-11(2)22-23(3)16(13)19-10-12/h8,10,14-15H,4-7,9H2,1-3H3,(H2,20,21,24)/t14-,15-/m0/s1. The number of urea groups is 1. The zero-order chi connectivity index (χ0) is 17.6. The normalized spacial score (nSPS) is 24.0. The molecule has 0 unspecified atom stereocenters. The van der Waals surface area contributed by atoms with Crippen molar-refractivity contribution in [1.82, 2.24) is 20.1 Å². The molecule has 4 rings (SSSR count). The maximum atomic E-state index is 12.4. The zero-order valence-corrected chi connectivity index (χ0v) is 15.0. The molecule has 2 amide bonds. The van der Waals surface area contributed by atoms with E-state index in [4.69, 9.17) is 4.74 Å². The monoisotopic (exact) mass is 343 g/mol. The molecular weight excluding hydrogens is 318 g/mol. The largest absolute Gasteiger partial charge is 0.378 e. The highest BCUT2D eigenvalue weighted by Gasteiger charge is 2.59. The van der Waals surface area contributed by atoms with Gasteiger partial charge >= 0.3 is 6.03 Å². The Hall–Kier alpha value is -2.15. The van der Waals surface area contributed by atoms with Crippen LogP contribution in [0.15, 0.2) is 12.3 Å². The number of amides is 2. The summed E-state index contributed by atoms with van der Waals surface area (Å²) < 4.78 is 7.59. The predicted octanol–water partition coefficient (Wildman–Crippen LogP) is 2.75. The highest BCUT2D eigenvalue weighted by Crippen LogP contribution is 2.57. The molecule has 2 heterocycles. The molecule has 2 atom stereocenters. The lowest BCUT2D eigenvalue weighted by Gasteiger charge is -2.60. The quantitative estimate of drug-likeness (QED) is 0.894. The molecule has 0 radical (unpaired) electrons. The Morgan fingerprint density at radius 3 is 2.96 bits per heavy atom. The van der Waals surface area contributed by atoms with E-state index in [1.807, 2.05) is 27.0 Å². The number of hydrogen-bond donors (Lipinski definition) is 2. The number of aromatic nitrogens is 3. The van der Waals surface area contributed by atoms with Gasteiger partial charge in [0.1, 0.15) is 0 Å². The number of nitrogens with one attached hydrogen (secondary N) is 2. The third kappa shape index (κ3) is 2.57. The van der Waals surface area contributed by atoms with Crippen LogP contribution in [0.1, 0.15) is 38.3 Å². The number of hydrogen-bond acceptors (Lipinski definition) is 4. The molecule has 7 nitrogen and oxygen atoms in total. The first kappa shape index (κ1) is 16.3. The van der Waals surface area contributed by atoms with Crippen LogP contribution in [0.3, 0.4) is 0 Å². The summed E-state index contributed by atoms with van der Waals surface area (Å²) in [4.78, 5) is 16.8. The van der Waals surface area contributed by atoms with Crippen molar-refractivity contribution in [2.45, 2.75) is 51.7 Å². The molecule has 2 aromatic rings. The number of anilines is 1. The fraction of sp³-hybridized carbons (Fsp3) is 0.611. The summed E-state index contributed by atoms with van der Waals surface area (Å²) in [7, 11) is 1.87. The van der Waals surface area contributed by atoms with Gasteiger partial charge in [0.25, 0.3) is 0 Å². The molecule has 134 valence electrons. The van der Waals surface area contributed by atoms with Crippen molar-refractivity contribution in [3.8, 4) is 0 Å². The van der Waals surface area contributed by atoms with E-state index in [0.717, 1.165) is 42.6 Å². The fourth-order valence-electron chi connectivity index (χ4n) is 4.34. The van der Waals surface area contributed by atoms with E-state index < -0.39 is 0 Å². The van der Waals surface area contributed by atoms with E-state index in [0.29, 0.717) is 11.8 Å². The molecule has 0 saturated heterocycles. The summed E-state index contributed by atoms with van der Waals surface area (Å²) in [6, 6.07) is 1.95. The van der Waals surface area contributed by atoms with E-state index in [2.05, 4.69) is 20.7 Å². The molecule has 25 heavy (non-hydrogen) atoms. The number of carbonyl (C=O) groups excluding carboxylic acids is 1. The Morgan fingerprint density at radius 1 is 1.48 bits per heavy atom. The van der Waals surface area contributed by atoms with Gasteiger partial charge in [0.05, 0.1) is 23.7 Å². The van der Waals surface area contributed by atoms with Crippen molar-refractivity contribution in [3.05, 3.63) is 18.0 Å². The topological polar surface area (TPSA) is 81.1 Å². The molecular formula is C18H25N5O2. The van der Waals surface area contributed by atoms with Gasteiger partial charge in [-0.2, -0.15) is 5.10 Å². The van der Waals surface area contributed by atoms with Gasteiger partial charge in [0.15, 0.2) is 5.65 Å². The Morgan fingerprint density at radius 2 is 2.28 bits per heavy atom. The SMILES string of the molecule is CCO[C@H]1C[C@H](NC(=O)Nc2cnc3c(c2)c(C)nn3C)C12CCC2. The third-order valence-electron chi connectivity index (χ3n) is 5.86. The minimum Gasteiger partial charge on any atom is -0.378 e. The third-order valence-corrected chi connectivity index (χ3v) is 5.86. The number of aryl methyl sites for hydroxylation is 2. The lowest BCUT2D eigenvalue weighted by molar-refractivity contribution is -0.169. The van der Waals surface area contributed by atoms with Gasteiger partial charge in [-0.3, -0.25) is 4.68 Å². The van der Waals surface area contributed by atoms with Crippen molar-refractivity contribution < 1.29 is 9.53 Å². The minimum atomic E-state index is -0.172. The summed E-state index contributed by atoms with van der Waals surface area (Å²) >= 11 is 0. The first-order valence-electron chi connectivity index (χ1n) is 9.02. The molecule has 0 bridgehead atoms. The molecule has 2 aromatic heterocycles. The first-order valence-corrected chi connectivity index (χ1v) is 9.02. The smallest absolute Gasteiger partial charge is 0.319 e. The van der Waals surface area contributed by atoms with Gasteiger partial charge in [0.2, 0.25) is 0 Å². The van der Waals surface area contributed by atoms with Gasteiger partial charge in [-0.05, 0) is 39.2 Å². The van der Waals surface area contributed by atoms with Crippen LogP contribution in [-0.4, -0.2) is 39.5 Å². The van der Waals surface area contributed by atoms with Gasteiger partial charge < -0.3 is 15.4 Å². The number of carbonyl (C=O) groups is 1. The molecule has 0 aromatic carbocycles. The second-order valence-electron chi connectivity index (χ2n) is 7.22. The second kappa shape index (κ2) is 5.98. The maximum absolute atomic E-state index is 12.4. The van der Waals surface area contributed by atoms with Crippen molar-refractivity contribution in [2.24, 2.45) is 12.5 Å². The number of pyridine rings is 1. The van der Waals surface area contributed by atoms with Crippen molar-refractivity contribution in [2.75, 3.05) is 11.9 Å². The average Bonchev–Trinajstić information content (AvgIpc) is 2.79. The molecule has 1 spiro atoms. The number of rotatable bonds is 4. The highest BCUT2D eigenvalue weighted by molar-refractivity contribution is 5.92. The summed E-state index contributed by atoms with van der Waals surface area (Å²) in [5, 5.41) is 11.4. The first-order chi connectivity index (χ1) is 12.0. The Labute approximate surface area is 147 Å². The number of ether oxygens (including phenoxy) is 1. The molecule has 2 fully saturated rings. The summed E-state index contributed by atoms with van der Waals surface area (Å²) in [6.45, 7) is 4.71. The van der Waals surface area contributed by atoms with Crippen molar-refractivity contribution >= 4 is 22.8 Å². The van der Waals surface area contributed by atoms with E-state index in [-0.39, 0.29) is 17.5 Å². The molecule has 2 saturated carbocycles. The van der Waals surface area contributed by atoms with Crippen LogP contribution in [0.25, 0.3) is 11.0 Å². The molecule has 2 aliphatic carbocycles. The predicted molar refractivity (Wildman–Crippen MR) is 95.5 cm³/mol. The Kier molecular flexibility index (Phi) is 3.91. The highest BCUT2D eigenvalue weighted by atomic mass is 16.5. The van der Waals surface area contributed by atoms with E-state index in [9.17, 15) is 4.79 Å². The maximum Gasteiger partial charge on any atom is 0.319 e. The zero-order valence-electron chi connectivity index (χ0n) is 15.0. The van der Waals surface area contributed by atoms with E-state index in [1.54, 1.807) is 10.9 Å². The van der Waals surface area contributed by atoms with Crippen LogP contribution in [0, 0.1) is 12.3 Å². The number of fused-ring (bicyclic) bond motifs is 1. The fourth-order valence-corrected chi connectivity index (χ4v) is 4.34. The van der Waals surface area contributed by atoms with Gasteiger partial charge in [-0.1, -0.05) is 6.42 Å². The Balaban J connectivity index is 1.42. The van der Waals surface area contributed by atoms with Gasteiger partial charge in [0, 0.05) is 30.5 Å². The van der Waals surface area contributed by atoms with Crippen LogP contribution < -0.4 is 10.6 Å². The van der Waals surface area contributed by atoms with Gasteiger partial charge in [-0.15, -0.1) is 0 Å². The lowest BCUT2D eigenvalue weighted by atomic mass is 9.51. The number of nitrogens with zero attached hydrogens (tertiary/aromatic N) is 3. The van der Waals surface area contributed by atoms with E-state index >= 15 is 0 Å². The molecule has 2 N–H and O–H groups in total. The minimum absolute atomic E-state index is 0.162. The lowest BCUT2D eigenvalue weighted by Crippen LogP contribution is -2.68. The van der Waals surface area contributed by atoms with Crippen LogP contribution in [0.2, 0.25) is 0 Å². The van der Waals surface area contributed by atoms with Gasteiger partial charge in [-0.25, -0.2) is 9.78 Å². The summed E-state index contributed by atoms with van der Waals surface area (Å²) in [5.74, 6) is 0. The van der Waals surface area contributed by atoms with Crippen LogP contribution in [0.4, 0.5) is 10.5 Å². The van der Waals surface area contributed by atoms with Crippen LogP contribution in [0.5, 0.6) is 0 Å². The van der Waals surface area contributed by atoms with Crippen molar-refractivity contribution in [3.63, 3.8) is 0 Å². The van der Waals surface area contributed by atoms with Crippen molar-refractivity contribution in [1.29, 1.82) is 0 Å². The molecule has 0 aliphatic heterocycles. The van der Waals surface area contributed by atoms with Crippen LogP contribution >= 0.6 is 0 Å². The molecule has 7 heteroatoms. The summed E-state index contributed by atoms with van der Waals surface area (Å²) in [6.07, 6.45) is 6.39. The summed E-state index contributed by atoms with van der Waals surface area (Å²) in [5.41, 5.74) is 2.57. The second-order valence-corrected chi connectivity index (χ2v) is 7.22. The molecule has 2 aliphatic rings. The Bertz CT molecular complexity index is 811.